The van der Waals surface area contributed by atoms with Gasteiger partial charge in [-0.15, -0.1) is 0 Å². The van der Waals surface area contributed by atoms with Gasteiger partial charge >= 0.3 is 0 Å². The van der Waals surface area contributed by atoms with Crippen molar-refractivity contribution < 1.29 is 9.70 Å². The van der Waals surface area contributed by atoms with E-state index in [1.807, 2.05) is 51.4 Å². The number of rotatable bonds is 3. The quantitative estimate of drug-likeness (QED) is 0.430. The molecule has 3 N–H and O–H groups in total. The monoisotopic (exact) mass is 195 g/mol. The number of aliphatic hydroxyl groups is 1. The molecule has 0 aromatic heterocycles. The third-order valence-corrected chi connectivity index (χ3v) is 2.65. The molecule has 0 saturated carbocycles. The number of nitrogens with two attached hydrogens (primary N) is 1. The lowest BCUT2D eigenvalue weighted by atomic mass is 10.0. The Labute approximate surface area is 85.3 Å². The van der Waals surface area contributed by atoms with Crippen LogP contribution in [0.5, 0.6) is 0 Å². The average molecular weight is 195 g/mol. The van der Waals surface area contributed by atoms with E-state index >= 15 is 0 Å². The van der Waals surface area contributed by atoms with Crippen molar-refractivity contribution in [2.45, 2.75) is 19.1 Å². The molecule has 1 aromatic rings. The molecule has 0 radical (unpaired) electrons. The Bertz CT molecular complexity index is 279. The van der Waals surface area contributed by atoms with Crippen molar-refractivity contribution in [3.8, 4) is 0 Å². The van der Waals surface area contributed by atoms with E-state index in [0.29, 0.717) is 0 Å². The van der Waals surface area contributed by atoms with Crippen molar-refractivity contribution in [1.29, 1.82) is 0 Å². The van der Waals surface area contributed by atoms with Gasteiger partial charge in [0, 0.05) is 0 Å². The fraction of sp³-hybridized carbons (Fsp3) is 0.455. The van der Waals surface area contributed by atoms with Gasteiger partial charge in [0.05, 0.1) is 14.1 Å². The maximum absolute atomic E-state index is 10.0. The first-order valence-electron chi connectivity index (χ1n) is 4.78. The fourth-order valence-corrected chi connectivity index (χ4v) is 1.29. The van der Waals surface area contributed by atoms with Crippen LogP contribution in [0.25, 0.3) is 0 Å². The lowest BCUT2D eigenvalue weighted by Crippen LogP contribution is -2.55. The fourth-order valence-electron chi connectivity index (χ4n) is 1.29. The van der Waals surface area contributed by atoms with E-state index in [1.165, 1.54) is 0 Å². The zero-order valence-electron chi connectivity index (χ0n) is 9.01. The zero-order valence-corrected chi connectivity index (χ0v) is 9.01. The van der Waals surface area contributed by atoms with Crippen molar-refractivity contribution in [3.05, 3.63) is 35.9 Å². The van der Waals surface area contributed by atoms with Crippen LogP contribution in [0.4, 0.5) is 0 Å². The Hall–Kier alpha value is -0.900. The van der Waals surface area contributed by atoms with Crippen LogP contribution < -0.4 is 5.84 Å². The van der Waals surface area contributed by atoms with Gasteiger partial charge in [-0.1, -0.05) is 30.3 Å². The van der Waals surface area contributed by atoms with Crippen LogP contribution in [0.2, 0.25) is 0 Å². The molecule has 0 amide bonds. The van der Waals surface area contributed by atoms with Gasteiger partial charge < -0.3 is 5.11 Å². The second-order valence-electron chi connectivity index (χ2n) is 4.23. The molecule has 0 aliphatic heterocycles. The number of quaternary nitrogens is 1. The van der Waals surface area contributed by atoms with Gasteiger partial charge in [0.15, 0.2) is 0 Å². The molecule has 14 heavy (non-hydrogen) atoms. The molecule has 3 heteroatoms. The van der Waals surface area contributed by atoms with Crippen LogP contribution in [0.1, 0.15) is 18.6 Å². The lowest BCUT2D eigenvalue weighted by Gasteiger charge is -2.33. The molecule has 0 spiro atoms. The minimum absolute atomic E-state index is 0.0302. The van der Waals surface area contributed by atoms with Gasteiger partial charge in [-0.3, -0.25) is 0 Å². The summed E-state index contributed by atoms with van der Waals surface area (Å²) in [6.45, 7) is 1.94. The molecule has 0 saturated heterocycles. The minimum atomic E-state index is -0.517. The Morgan fingerprint density at radius 3 is 2.14 bits per heavy atom. The second kappa shape index (κ2) is 4.09. The van der Waals surface area contributed by atoms with Crippen molar-refractivity contribution in [1.82, 2.24) is 0 Å². The van der Waals surface area contributed by atoms with E-state index in [2.05, 4.69) is 0 Å². The normalized spacial score (nSPS) is 16.4. The Balaban J connectivity index is 2.81. The van der Waals surface area contributed by atoms with Crippen molar-refractivity contribution >= 4 is 0 Å². The minimum Gasteiger partial charge on any atom is -0.382 e. The number of hydrogen-bond acceptors (Lipinski definition) is 2. The number of benzene rings is 1. The molecule has 1 aromatic carbocycles. The predicted octanol–water partition coefficient (Wildman–Crippen LogP) is 1.06. The summed E-state index contributed by atoms with van der Waals surface area (Å²) in [6, 6.07) is 9.57. The van der Waals surface area contributed by atoms with Gasteiger partial charge in [-0.05, 0) is 12.5 Å². The van der Waals surface area contributed by atoms with Crippen LogP contribution >= 0.6 is 0 Å². The highest BCUT2D eigenvalue weighted by Crippen LogP contribution is 2.20. The molecule has 1 unspecified atom stereocenters. The number of nitrogens with zero attached hydrogens (tertiary/aromatic N) is 1. The highest BCUT2D eigenvalue weighted by Gasteiger charge is 2.28. The van der Waals surface area contributed by atoms with Gasteiger partial charge in [-0.25, -0.2) is 4.59 Å². The zero-order chi connectivity index (χ0) is 10.8. The SMILES string of the molecule is C[C@H](C(O)c1ccccc1)[N+](C)(C)N. The standard InChI is InChI=1S/C11H19N2O/c1-9(13(2,3)12)11(14)10-7-5-4-6-8-10/h4-9,11,14H,12H2,1-3H3/q+1/t9-,11?/m1/s1. The molecular weight excluding hydrogens is 176 g/mol. The summed E-state index contributed by atoms with van der Waals surface area (Å²) < 4.78 is 0.260. The first-order chi connectivity index (χ1) is 6.43. The van der Waals surface area contributed by atoms with Crippen molar-refractivity contribution in [2.24, 2.45) is 5.84 Å². The summed E-state index contributed by atoms with van der Waals surface area (Å²) in [6.07, 6.45) is -0.517. The third-order valence-electron chi connectivity index (χ3n) is 2.65. The van der Waals surface area contributed by atoms with Crippen molar-refractivity contribution in [2.75, 3.05) is 14.1 Å². The first-order valence-corrected chi connectivity index (χ1v) is 4.78. The summed E-state index contributed by atoms with van der Waals surface area (Å²) in [5.74, 6) is 5.89. The van der Waals surface area contributed by atoms with Crippen LogP contribution in [-0.2, 0) is 0 Å². The van der Waals surface area contributed by atoms with Gasteiger partial charge in [0.25, 0.3) is 0 Å². The number of hydrogen-bond donors (Lipinski definition) is 2. The highest BCUT2D eigenvalue weighted by atomic mass is 16.3. The van der Waals surface area contributed by atoms with E-state index in [0.717, 1.165) is 5.56 Å². The summed E-state index contributed by atoms with van der Waals surface area (Å²) in [7, 11) is 3.74. The first kappa shape index (κ1) is 11.2. The highest BCUT2D eigenvalue weighted by molar-refractivity contribution is 5.17. The molecule has 0 heterocycles. The topological polar surface area (TPSA) is 46.2 Å². The van der Waals surface area contributed by atoms with Crippen molar-refractivity contribution in [3.63, 3.8) is 0 Å². The summed E-state index contributed by atoms with van der Waals surface area (Å²) in [4.78, 5) is 0. The summed E-state index contributed by atoms with van der Waals surface area (Å²) >= 11 is 0. The molecule has 78 valence electrons. The van der Waals surface area contributed by atoms with Crippen LogP contribution in [0, 0.1) is 0 Å². The number of likely N-dealkylation sites (N-methyl/N-ethyl adjacent to an activating group) is 1. The molecule has 3 nitrogen and oxygen atoms in total. The average Bonchev–Trinajstić information content (AvgIpc) is 2.15. The lowest BCUT2D eigenvalue weighted by molar-refractivity contribution is -0.929. The number of aliphatic hydroxyl groups excluding tert-OH is 1. The second-order valence-corrected chi connectivity index (χ2v) is 4.23. The summed E-state index contributed by atoms with van der Waals surface area (Å²) in [5, 5.41) is 10.0. The molecule has 2 atom stereocenters. The molecule has 1 rings (SSSR count). The molecule has 0 fully saturated rings. The largest absolute Gasteiger partial charge is 0.382 e. The van der Waals surface area contributed by atoms with Crippen LogP contribution in [0.3, 0.4) is 0 Å². The Morgan fingerprint density at radius 1 is 1.21 bits per heavy atom. The predicted molar refractivity (Wildman–Crippen MR) is 57.2 cm³/mol. The van der Waals surface area contributed by atoms with Crippen LogP contribution in [0.15, 0.2) is 30.3 Å². The van der Waals surface area contributed by atoms with E-state index in [4.69, 9.17) is 5.84 Å². The maximum atomic E-state index is 10.0. The molecular formula is C11H19N2O+. The molecule has 0 aliphatic carbocycles. The Kier molecular flexibility index (Phi) is 3.26. The van der Waals surface area contributed by atoms with E-state index in [9.17, 15) is 5.11 Å². The smallest absolute Gasteiger partial charge is 0.133 e. The van der Waals surface area contributed by atoms with Gasteiger partial charge in [0.2, 0.25) is 0 Å². The Morgan fingerprint density at radius 2 is 1.71 bits per heavy atom. The van der Waals surface area contributed by atoms with E-state index in [-0.39, 0.29) is 10.6 Å². The molecule has 0 bridgehead atoms. The van der Waals surface area contributed by atoms with Gasteiger partial charge in [-0.2, -0.15) is 5.84 Å². The third kappa shape index (κ3) is 2.54. The van der Waals surface area contributed by atoms with E-state index < -0.39 is 6.10 Å². The maximum Gasteiger partial charge on any atom is 0.133 e. The summed E-state index contributed by atoms with van der Waals surface area (Å²) in [5.41, 5.74) is 0.914. The van der Waals surface area contributed by atoms with E-state index in [1.54, 1.807) is 0 Å². The van der Waals surface area contributed by atoms with Crippen LogP contribution in [-0.4, -0.2) is 29.8 Å². The van der Waals surface area contributed by atoms with Gasteiger partial charge in [0.1, 0.15) is 12.1 Å². The molecule has 0 aliphatic rings.